The van der Waals surface area contributed by atoms with Crippen molar-refractivity contribution in [2.45, 2.75) is 74.6 Å². The van der Waals surface area contributed by atoms with Crippen LogP contribution in [0.25, 0.3) is 21.8 Å². The number of nitriles is 1. The van der Waals surface area contributed by atoms with E-state index in [4.69, 9.17) is 9.88 Å². The molecule has 6 fully saturated rings. The molecule has 326 valence electrons. The Labute approximate surface area is 360 Å². The molecule has 3 N–H and O–H groups in total. The number of primary sulfonamides is 1. The Balaban J connectivity index is 0.708. The number of hydrogen-bond acceptors (Lipinski definition) is 11. The number of hydrogen-bond donors (Lipinski definition) is 2. The Kier molecular flexibility index (Phi) is 8.71. The predicted octanol–water partition coefficient (Wildman–Crippen LogP) is 5.04. The van der Waals surface area contributed by atoms with E-state index in [9.17, 15) is 28.1 Å². The van der Waals surface area contributed by atoms with Gasteiger partial charge in [-0.25, -0.2) is 32.1 Å². The Morgan fingerprint density at radius 3 is 2.32 bits per heavy atom. The molecule has 0 unspecified atom stereocenters. The van der Waals surface area contributed by atoms with Crippen LogP contribution in [0.2, 0.25) is 0 Å². The van der Waals surface area contributed by atoms with E-state index < -0.39 is 32.4 Å². The second kappa shape index (κ2) is 13.8. The highest BCUT2D eigenvalue weighted by atomic mass is 32.2. The lowest BCUT2D eigenvalue weighted by molar-refractivity contribution is -0.120. The summed E-state index contributed by atoms with van der Waals surface area (Å²) >= 11 is 0. The number of benzene rings is 3. The van der Waals surface area contributed by atoms with Gasteiger partial charge in [-0.3, -0.25) is 29.1 Å². The number of rotatable bonds is 8. The van der Waals surface area contributed by atoms with Crippen LogP contribution in [-0.4, -0.2) is 83.4 Å². The normalized spacial score (nSPS) is 21.9. The molecule has 2 aromatic heterocycles. The fraction of sp³-hybridized carbons (Fsp3) is 0.455. The number of urea groups is 1. The van der Waals surface area contributed by atoms with Crippen LogP contribution in [0.3, 0.4) is 0 Å². The monoisotopic (exact) mass is 878 g/mol. The van der Waals surface area contributed by atoms with Crippen molar-refractivity contribution < 1.29 is 31.5 Å². The van der Waals surface area contributed by atoms with Crippen molar-refractivity contribution >= 4 is 55.3 Å². The van der Waals surface area contributed by atoms with E-state index in [2.05, 4.69) is 25.2 Å². The number of sulfonamides is 1. The molecule has 3 amide bonds. The minimum Gasteiger partial charge on any atom is -0.453 e. The van der Waals surface area contributed by atoms with Gasteiger partial charge in [0.15, 0.2) is 17.4 Å². The van der Waals surface area contributed by atoms with Crippen LogP contribution in [0, 0.1) is 33.8 Å². The molecule has 16 nitrogen and oxygen atoms in total. The first-order chi connectivity index (χ1) is 30.1. The van der Waals surface area contributed by atoms with E-state index in [1.165, 1.54) is 29.2 Å². The fourth-order valence-electron chi connectivity index (χ4n) is 11.3. The SMILES string of the molecule is Cn1nc(N2CCC(=O)NC2=O)c2cc(F)c(N3CC4(CC(N5CCC6(CC5)CC(n5cnc7ccc(Oc8c(F)ccc(C9(S(N)(=O)=O)CC9)c8C#N)cc7c5=O)C6)C4)C3)cc21. The molecule has 2 spiro atoms. The Morgan fingerprint density at radius 2 is 1.63 bits per heavy atom. The molecule has 3 saturated carbocycles. The Bertz CT molecular complexity index is 3020. The van der Waals surface area contributed by atoms with Crippen LogP contribution >= 0.6 is 0 Å². The van der Waals surface area contributed by atoms with E-state index in [1.807, 2.05) is 12.1 Å². The van der Waals surface area contributed by atoms with Gasteiger partial charge in [-0.15, -0.1) is 0 Å². The zero-order chi connectivity index (χ0) is 43.8. The van der Waals surface area contributed by atoms with Gasteiger partial charge in [-0.05, 0) is 112 Å². The van der Waals surface area contributed by atoms with Crippen LogP contribution in [0.1, 0.15) is 75.0 Å². The van der Waals surface area contributed by atoms with Crippen LogP contribution < -0.4 is 30.6 Å². The summed E-state index contributed by atoms with van der Waals surface area (Å²) in [6.07, 6.45) is 8.11. The lowest BCUT2D eigenvalue weighted by Gasteiger charge is -2.63. The zero-order valence-electron chi connectivity index (χ0n) is 34.4. The van der Waals surface area contributed by atoms with Crippen LogP contribution in [0.15, 0.2) is 53.6 Å². The smallest absolute Gasteiger partial charge is 0.329 e. The number of carbonyl (C=O) groups excluding carboxylic acids is 2. The van der Waals surface area contributed by atoms with E-state index in [0.717, 1.165) is 70.8 Å². The van der Waals surface area contributed by atoms with E-state index in [1.54, 1.807) is 28.7 Å². The molecule has 0 atom stereocenters. The second-order valence-electron chi connectivity index (χ2n) is 18.7. The number of ether oxygens (including phenoxy) is 1. The van der Waals surface area contributed by atoms with Crippen LogP contribution in [0.4, 0.5) is 25.1 Å². The molecule has 0 bridgehead atoms. The van der Waals surface area contributed by atoms with Crippen molar-refractivity contribution in [3.8, 4) is 17.6 Å². The van der Waals surface area contributed by atoms with Gasteiger partial charge in [0.2, 0.25) is 15.9 Å². The summed E-state index contributed by atoms with van der Waals surface area (Å²) in [7, 11) is -2.31. The number of nitrogens with two attached hydrogens (primary N) is 1. The third-order valence-corrected chi connectivity index (χ3v) is 16.7. The molecule has 19 heteroatoms. The number of aromatic nitrogens is 4. The van der Waals surface area contributed by atoms with Crippen molar-refractivity contribution in [3.63, 3.8) is 0 Å². The van der Waals surface area contributed by atoms with Gasteiger partial charge in [0.25, 0.3) is 5.56 Å². The van der Waals surface area contributed by atoms with Crippen LogP contribution in [-0.2, 0) is 26.6 Å². The number of amides is 3. The third kappa shape index (κ3) is 6.23. The topological polar surface area (TPSA) is 202 Å². The average molecular weight is 879 g/mol. The average Bonchev–Trinajstić information content (AvgIpc) is 3.97. The third-order valence-electron chi connectivity index (χ3n) is 15.0. The highest BCUT2D eigenvalue weighted by Crippen LogP contribution is 2.58. The molecule has 11 rings (SSSR count). The first-order valence-electron chi connectivity index (χ1n) is 21.3. The zero-order valence-corrected chi connectivity index (χ0v) is 35.3. The second-order valence-corrected chi connectivity index (χ2v) is 20.6. The fourth-order valence-corrected chi connectivity index (χ4v) is 12.4. The van der Waals surface area contributed by atoms with Crippen LogP contribution in [0.5, 0.6) is 11.5 Å². The molecule has 6 aliphatic rings. The largest absolute Gasteiger partial charge is 0.453 e. The lowest BCUT2D eigenvalue weighted by Crippen LogP contribution is -2.67. The maximum absolute atomic E-state index is 15.7. The lowest BCUT2D eigenvalue weighted by atomic mass is 9.57. The summed E-state index contributed by atoms with van der Waals surface area (Å²) in [5.74, 6) is -1.54. The first-order valence-corrected chi connectivity index (χ1v) is 22.8. The summed E-state index contributed by atoms with van der Waals surface area (Å²) in [6.45, 7) is 3.72. The molecule has 5 heterocycles. The maximum Gasteiger partial charge on any atom is 0.329 e. The van der Waals surface area contributed by atoms with Crippen molar-refractivity contribution in [2.75, 3.05) is 42.5 Å². The number of aryl methyl sites for hydroxylation is 1. The van der Waals surface area contributed by atoms with Crippen molar-refractivity contribution in [1.29, 1.82) is 5.26 Å². The Morgan fingerprint density at radius 1 is 0.905 bits per heavy atom. The molecule has 0 radical (unpaired) electrons. The molecular weight excluding hydrogens is 835 g/mol. The first kappa shape index (κ1) is 39.8. The summed E-state index contributed by atoms with van der Waals surface area (Å²) in [6, 6.07) is 12.0. The summed E-state index contributed by atoms with van der Waals surface area (Å²) in [5, 5.41) is 23.1. The highest BCUT2D eigenvalue weighted by Gasteiger charge is 2.57. The molecule has 3 saturated heterocycles. The van der Waals surface area contributed by atoms with Crippen molar-refractivity contribution in [1.82, 2.24) is 29.5 Å². The minimum atomic E-state index is -4.07. The quantitative estimate of drug-likeness (QED) is 0.212. The van der Waals surface area contributed by atoms with Gasteiger partial charge in [0.1, 0.15) is 27.9 Å². The summed E-state index contributed by atoms with van der Waals surface area (Å²) in [5.41, 5.74) is 1.60. The number of carbonyl (C=O) groups is 2. The van der Waals surface area contributed by atoms with E-state index in [0.29, 0.717) is 34.0 Å². The number of nitrogens with one attached hydrogen (secondary N) is 1. The van der Waals surface area contributed by atoms with E-state index in [-0.39, 0.29) is 82.2 Å². The van der Waals surface area contributed by atoms with Gasteiger partial charge in [0, 0.05) is 56.0 Å². The van der Waals surface area contributed by atoms with Gasteiger partial charge in [-0.1, -0.05) is 6.07 Å². The molecular formula is C44H44F2N10O6S. The molecule has 3 aliphatic heterocycles. The molecule has 3 aromatic carbocycles. The maximum atomic E-state index is 15.7. The van der Waals surface area contributed by atoms with Gasteiger partial charge >= 0.3 is 6.03 Å². The number of nitrogens with zero attached hydrogens (tertiary/aromatic N) is 8. The number of fused-ring (bicyclic) bond motifs is 2. The Hall–Kier alpha value is -5.97. The van der Waals surface area contributed by atoms with Gasteiger partial charge in [-0.2, -0.15) is 10.4 Å². The number of imide groups is 1. The molecule has 3 aliphatic carbocycles. The van der Waals surface area contributed by atoms with Crippen molar-refractivity contribution in [2.24, 2.45) is 23.0 Å². The molecule has 63 heavy (non-hydrogen) atoms. The number of anilines is 2. The standard InChI is InChI=1S/C44H44F2N10O6S/c1-52-35-16-36(33(46)15-29(35)39(51-52)55-11-6-37(57)50-41(55)59)54-22-43(23-54)17-25(18-43)53-12-9-42(10-13-53)19-26(20-42)56-24-49-34-5-2-27(14-28(34)40(56)58)62-38-30(21-47)31(3-4-32(38)45)44(7-8-44)63(48,60)61/h2-5,14-16,24-26H,6-13,17-20,22-23H2,1H3,(H2,48,60,61)(H,50,57,59). The molecule has 5 aromatic rings. The highest BCUT2D eigenvalue weighted by molar-refractivity contribution is 7.90. The number of likely N-dealkylation sites (tertiary alicyclic amines) is 1. The summed E-state index contributed by atoms with van der Waals surface area (Å²) in [4.78, 5) is 48.7. The predicted molar refractivity (Wildman–Crippen MR) is 227 cm³/mol. The van der Waals surface area contributed by atoms with Gasteiger partial charge in [0.05, 0.1) is 28.4 Å². The van der Waals surface area contributed by atoms with Crippen molar-refractivity contribution in [3.05, 3.63) is 81.9 Å². The van der Waals surface area contributed by atoms with E-state index >= 15 is 8.78 Å². The minimum absolute atomic E-state index is 0.0155. The van der Waals surface area contributed by atoms with Gasteiger partial charge < -0.3 is 14.5 Å². The summed E-state index contributed by atoms with van der Waals surface area (Å²) < 4.78 is 63.4. The number of halogens is 2. The number of piperidine rings is 1.